The summed E-state index contributed by atoms with van der Waals surface area (Å²) in [5.74, 6) is 0.817. The van der Waals surface area contributed by atoms with Crippen molar-refractivity contribution in [2.75, 3.05) is 19.5 Å². The zero-order valence-electron chi connectivity index (χ0n) is 19.9. The van der Waals surface area contributed by atoms with E-state index in [1.807, 2.05) is 0 Å². The summed E-state index contributed by atoms with van der Waals surface area (Å²) in [6.07, 6.45) is 0.157. The molecule has 2 aromatic heterocycles. The Bertz CT molecular complexity index is 1490. The first kappa shape index (κ1) is 24.4. The van der Waals surface area contributed by atoms with Gasteiger partial charge in [0.15, 0.2) is 5.69 Å². The third-order valence-electron chi connectivity index (χ3n) is 5.31. The number of hydrogen-bond donors (Lipinski definition) is 1. The second-order valence-electron chi connectivity index (χ2n) is 7.55. The van der Waals surface area contributed by atoms with Crippen LogP contribution in [0.5, 0.6) is 11.5 Å². The van der Waals surface area contributed by atoms with Crippen LogP contribution in [-0.2, 0) is 17.8 Å². The minimum atomic E-state index is -0.633. The van der Waals surface area contributed by atoms with Gasteiger partial charge in [0.25, 0.3) is 5.56 Å². The van der Waals surface area contributed by atoms with Gasteiger partial charge >= 0.3 is 5.69 Å². The van der Waals surface area contributed by atoms with E-state index in [1.54, 1.807) is 55.5 Å². The summed E-state index contributed by atoms with van der Waals surface area (Å²) >= 11 is 0. The molecular weight excluding hydrogens is 468 g/mol. The highest BCUT2D eigenvalue weighted by Gasteiger charge is 2.20. The van der Waals surface area contributed by atoms with Crippen LogP contribution in [0, 0.1) is 0 Å². The molecule has 4 aromatic rings. The highest BCUT2D eigenvalue weighted by molar-refractivity contribution is 5.92. The molecule has 12 nitrogen and oxygen atoms in total. The Labute approximate surface area is 205 Å². The molecule has 0 aliphatic carbocycles. The van der Waals surface area contributed by atoms with Crippen LogP contribution < -0.4 is 26.0 Å². The van der Waals surface area contributed by atoms with Crippen molar-refractivity contribution in [3.05, 3.63) is 75.3 Å². The average molecular weight is 492 g/mol. The summed E-state index contributed by atoms with van der Waals surface area (Å²) in [5.41, 5.74) is -0.372. The molecule has 0 saturated carbocycles. The van der Waals surface area contributed by atoms with Gasteiger partial charge in [0.05, 0.1) is 25.6 Å². The number of benzene rings is 2. The lowest BCUT2D eigenvalue weighted by Gasteiger charge is -2.11. The maximum atomic E-state index is 12.9. The summed E-state index contributed by atoms with van der Waals surface area (Å²) < 4.78 is 17.8. The van der Waals surface area contributed by atoms with Crippen molar-refractivity contribution in [2.24, 2.45) is 0 Å². The Morgan fingerprint density at radius 1 is 1.08 bits per heavy atom. The van der Waals surface area contributed by atoms with Crippen molar-refractivity contribution in [1.29, 1.82) is 0 Å². The van der Waals surface area contributed by atoms with Crippen molar-refractivity contribution < 1.29 is 18.8 Å². The average Bonchev–Trinajstić information content (AvgIpc) is 3.37. The number of nitrogens with zero attached hydrogens (tertiary/aromatic N) is 5. The number of ether oxygens (including phenoxy) is 2. The van der Waals surface area contributed by atoms with Crippen LogP contribution in [-0.4, -0.2) is 44.6 Å². The molecule has 2 aromatic carbocycles. The number of aryl methyl sites for hydroxylation is 1. The van der Waals surface area contributed by atoms with E-state index in [-0.39, 0.29) is 42.7 Å². The number of carbonyl (C=O) groups excluding carboxylic acids is 1. The van der Waals surface area contributed by atoms with Crippen molar-refractivity contribution in [3.8, 4) is 28.7 Å². The van der Waals surface area contributed by atoms with Gasteiger partial charge in [-0.1, -0.05) is 23.4 Å². The van der Waals surface area contributed by atoms with Gasteiger partial charge in [0, 0.05) is 25.5 Å². The quantitative estimate of drug-likeness (QED) is 0.371. The first-order valence-electron chi connectivity index (χ1n) is 11.1. The number of amides is 1. The molecule has 0 aliphatic heterocycles. The first-order chi connectivity index (χ1) is 17.4. The standard InChI is InChI=1S/C24H24N6O6/c1-4-29-23(32)21(27-30(24(29)33)15-8-6-5-7-9-15)22-26-20(36-28-22)13-12-19(31)25-17-11-10-16(34-2)14-18(17)35-3/h5-11,14H,4,12-13H2,1-3H3,(H,25,31). The van der Waals surface area contributed by atoms with Crippen LogP contribution >= 0.6 is 0 Å². The fourth-order valence-corrected chi connectivity index (χ4v) is 3.46. The molecule has 0 spiro atoms. The van der Waals surface area contributed by atoms with Gasteiger partial charge in [-0.05, 0) is 31.2 Å². The van der Waals surface area contributed by atoms with E-state index in [0.29, 0.717) is 22.9 Å². The summed E-state index contributed by atoms with van der Waals surface area (Å²) in [4.78, 5) is 42.3. The number of rotatable bonds is 9. The van der Waals surface area contributed by atoms with Gasteiger partial charge in [0.2, 0.25) is 17.6 Å². The van der Waals surface area contributed by atoms with Crippen LogP contribution in [0.3, 0.4) is 0 Å². The molecule has 4 rings (SSSR count). The monoisotopic (exact) mass is 492 g/mol. The van der Waals surface area contributed by atoms with Crippen LogP contribution in [0.4, 0.5) is 5.69 Å². The fourth-order valence-electron chi connectivity index (χ4n) is 3.46. The van der Waals surface area contributed by atoms with Crippen LogP contribution in [0.1, 0.15) is 19.2 Å². The van der Waals surface area contributed by atoms with Crippen molar-refractivity contribution in [1.82, 2.24) is 24.5 Å². The zero-order chi connectivity index (χ0) is 25.7. The number of para-hydroxylation sites is 1. The second kappa shape index (κ2) is 10.7. The molecule has 2 heterocycles. The Hall–Kier alpha value is -4.74. The summed E-state index contributed by atoms with van der Waals surface area (Å²) in [7, 11) is 3.03. The van der Waals surface area contributed by atoms with Crippen LogP contribution in [0.2, 0.25) is 0 Å². The molecule has 0 bridgehead atoms. The molecule has 0 fully saturated rings. The molecule has 0 aliphatic rings. The topological polar surface area (TPSA) is 143 Å². The van der Waals surface area contributed by atoms with E-state index >= 15 is 0 Å². The van der Waals surface area contributed by atoms with E-state index in [2.05, 4.69) is 20.6 Å². The maximum Gasteiger partial charge on any atom is 0.352 e. The maximum absolute atomic E-state index is 12.9. The van der Waals surface area contributed by atoms with E-state index in [9.17, 15) is 14.4 Å². The zero-order valence-corrected chi connectivity index (χ0v) is 19.9. The van der Waals surface area contributed by atoms with Crippen molar-refractivity contribution in [2.45, 2.75) is 26.3 Å². The Morgan fingerprint density at radius 3 is 2.56 bits per heavy atom. The van der Waals surface area contributed by atoms with Gasteiger partial charge < -0.3 is 19.3 Å². The molecule has 1 amide bonds. The number of methoxy groups -OCH3 is 2. The lowest BCUT2D eigenvalue weighted by molar-refractivity contribution is -0.116. The number of aromatic nitrogens is 5. The van der Waals surface area contributed by atoms with Gasteiger partial charge in [-0.2, -0.15) is 14.8 Å². The molecule has 36 heavy (non-hydrogen) atoms. The first-order valence-corrected chi connectivity index (χ1v) is 11.1. The summed E-state index contributed by atoms with van der Waals surface area (Å²) in [5, 5.41) is 10.8. The van der Waals surface area contributed by atoms with E-state index in [0.717, 1.165) is 9.25 Å². The van der Waals surface area contributed by atoms with Gasteiger partial charge in [-0.15, -0.1) is 0 Å². The molecular formula is C24H24N6O6. The number of anilines is 1. The largest absolute Gasteiger partial charge is 0.497 e. The predicted octanol–water partition coefficient (Wildman–Crippen LogP) is 2.05. The lowest BCUT2D eigenvalue weighted by Crippen LogP contribution is -2.41. The normalized spacial score (nSPS) is 10.8. The highest BCUT2D eigenvalue weighted by atomic mass is 16.5. The van der Waals surface area contributed by atoms with Gasteiger partial charge in [0.1, 0.15) is 11.5 Å². The van der Waals surface area contributed by atoms with Crippen molar-refractivity contribution in [3.63, 3.8) is 0 Å². The predicted molar refractivity (Wildman–Crippen MR) is 130 cm³/mol. The smallest absolute Gasteiger partial charge is 0.352 e. The Kier molecular flexibility index (Phi) is 7.23. The Morgan fingerprint density at radius 2 is 1.86 bits per heavy atom. The molecule has 186 valence electrons. The molecule has 1 N–H and O–H groups in total. The molecule has 12 heteroatoms. The number of hydrogen-bond acceptors (Lipinski definition) is 9. The van der Waals surface area contributed by atoms with Crippen LogP contribution in [0.15, 0.2) is 62.6 Å². The molecule has 0 saturated heterocycles. The fraction of sp³-hybridized carbons (Fsp3) is 0.250. The van der Waals surface area contributed by atoms with Crippen molar-refractivity contribution >= 4 is 11.6 Å². The van der Waals surface area contributed by atoms with E-state index < -0.39 is 11.2 Å². The summed E-state index contributed by atoms with van der Waals surface area (Å²) in [6, 6.07) is 13.7. The third kappa shape index (κ3) is 5.02. The van der Waals surface area contributed by atoms with Gasteiger partial charge in [-0.25, -0.2) is 4.79 Å². The molecule has 0 atom stereocenters. The van der Waals surface area contributed by atoms with E-state index in [1.165, 1.54) is 14.2 Å². The SMILES string of the molecule is CCn1c(=O)c(-c2noc(CCC(=O)Nc3ccc(OC)cc3OC)n2)nn(-c2ccccc2)c1=O. The molecule has 0 unspecified atom stereocenters. The minimum Gasteiger partial charge on any atom is -0.497 e. The molecule has 0 radical (unpaired) electrons. The summed E-state index contributed by atoms with van der Waals surface area (Å²) in [6.45, 7) is 1.82. The van der Waals surface area contributed by atoms with E-state index in [4.69, 9.17) is 14.0 Å². The lowest BCUT2D eigenvalue weighted by atomic mass is 10.2. The Balaban J connectivity index is 1.53. The number of carbonyl (C=O) groups is 1. The third-order valence-corrected chi connectivity index (χ3v) is 5.31. The minimum absolute atomic E-state index is 0.0347. The van der Waals surface area contributed by atoms with Gasteiger partial charge in [-0.3, -0.25) is 14.2 Å². The second-order valence-corrected chi connectivity index (χ2v) is 7.55. The highest BCUT2D eigenvalue weighted by Crippen LogP contribution is 2.29. The van der Waals surface area contributed by atoms with Crippen LogP contribution in [0.25, 0.3) is 17.2 Å². The number of nitrogens with one attached hydrogen (secondary N) is 1.